The molecular weight excluding hydrogens is 240 g/mol. The van der Waals surface area contributed by atoms with Crippen LogP contribution in [0.3, 0.4) is 0 Å². The van der Waals surface area contributed by atoms with Gasteiger partial charge < -0.3 is 16.2 Å². The summed E-state index contributed by atoms with van der Waals surface area (Å²) in [6.45, 7) is 5.80. The second kappa shape index (κ2) is 5.82. The molecule has 108 valence electrons. The molecular formula is C14H26N4O. The first-order valence-corrected chi connectivity index (χ1v) is 7.29. The summed E-state index contributed by atoms with van der Waals surface area (Å²) in [5, 5.41) is 17.6. The summed E-state index contributed by atoms with van der Waals surface area (Å²) in [7, 11) is 0. The fourth-order valence-corrected chi connectivity index (χ4v) is 2.97. The highest BCUT2D eigenvalue weighted by Crippen LogP contribution is 2.36. The summed E-state index contributed by atoms with van der Waals surface area (Å²) in [4.78, 5) is 0. The van der Waals surface area contributed by atoms with Crippen LogP contribution in [0.5, 0.6) is 0 Å². The van der Waals surface area contributed by atoms with E-state index in [0.717, 1.165) is 43.1 Å². The van der Waals surface area contributed by atoms with Gasteiger partial charge in [-0.25, -0.2) is 4.68 Å². The fraction of sp³-hybridized carbons (Fsp3) is 0.786. The minimum atomic E-state index is 0.0153. The van der Waals surface area contributed by atoms with Crippen molar-refractivity contribution in [1.29, 1.82) is 0 Å². The standard InChI is InChI=1S/C14H26N4O/c1-3-18-13(12(15)11(2)17-18)16-9-14(10-19)7-5-4-6-8-14/h16,19H,3-10,15H2,1-2H3. The zero-order valence-corrected chi connectivity index (χ0v) is 12.1. The molecule has 2 rings (SSSR count). The van der Waals surface area contributed by atoms with Crippen molar-refractivity contribution in [3.8, 4) is 0 Å². The van der Waals surface area contributed by atoms with Gasteiger partial charge in [-0.15, -0.1) is 0 Å². The van der Waals surface area contributed by atoms with E-state index < -0.39 is 0 Å². The van der Waals surface area contributed by atoms with E-state index in [0.29, 0.717) is 0 Å². The van der Waals surface area contributed by atoms with Crippen molar-refractivity contribution < 1.29 is 5.11 Å². The Morgan fingerprint density at radius 1 is 1.37 bits per heavy atom. The predicted molar refractivity (Wildman–Crippen MR) is 78.1 cm³/mol. The summed E-state index contributed by atoms with van der Waals surface area (Å²) < 4.78 is 1.90. The van der Waals surface area contributed by atoms with Crippen molar-refractivity contribution in [2.45, 2.75) is 52.5 Å². The number of nitrogen functional groups attached to an aromatic ring is 1. The zero-order valence-electron chi connectivity index (χ0n) is 12.1. The molecule has 4 N–H and O–H groups in total. The molecule has 1 aliphatic rings. The van der Waals surface area contributed by atoms with Crippen molar-refractivity contribution in [2.24, 2.45) is 5.41 Å². The van der Waals surface area contributed by atoms with Crippen LogP contribution in [0.1, 0.15) is 44.7 Å². The number of nitrogens with zero attached hydrogens (tertiary/aromatic N) is 2. The molecule has 1 aromatic rings. The largest absolute Gasteiger partial charge is 0.396 e. The molecule has 0 bridgehead atoms. The lowest BCUT2D eigenvalue weighted by molar-refractivity contribution is 0.0942. The highest BCUT2D eigenvalue weighted by Gasteiger charge is 2.31. The third-order valence-electron chi connectivity index (χ3n) is 4.35. The molecule has 1 saturated carbocycles. The van der Waals surface area contributed by atoms with E-state index in [9.17, 15) is 5.11 Å². The first kappa shape index (κ1) is 14.2. The molecule has 5 nitrogen and oxygen atoms in total. The van der Waals surface area contributed by atoms with E-state index in [1.807, 2.05) is 11.6 Å². The van der Waals surface area contributed by atoms with Crippen LogP contribution in [0, 0.1) is 12.3 Å². The normalized spacial score (nSPS) is 18.5. The minimum absolute atomic E-state index is 0.0153. The van der Waals surface area contributed by atoms with Crippen LogP contribution in [-0.4, -0.2) is 28.0 Å². The van der Waals surface area contributed by atoms with Gasteiger partial charge in [0.15, 0.2) is 0 Å². The van der Waals surface area contributed by atoms with Crippen LogP contribution in [0.15, 0.2) is 0 Å². The molecule has 0 unspecified atom stereocenters. The Hall–Kier alpha value is -1.23. The van der Waals surface area contributed by atoms with Crippen molar-refractivity contribution in [3.05, 3.63) is 5.69 Å². The first-order chi connectivity index (χ1) is 9.12. The van der Waals surface area contributed by atoms with Crippen molar-refractivity contribution in [1.82, 2.24) is 9.78 Å². The van der Waals surface area contributed by atoms with Gasteiger partial charge in [0, 0.05) is 18.5 Å². The maximum absolute atomic E-state index is 9.73. The lowest BCUT2D eigenvalue weighted by Crippen LogP contribution is -2.36. The molecule has 1 aliphatic carbocycles. The number of hydrogen-bond donors (Lipinski definition) is 3. The van der Waals surface area contributed by atoms with E-state index in [1.54, 1.807) is 0 Å². The molecule has 0 atom stereocenters. The molecule has 19 heavy (non-hydrogen) atoms. The molecule has 5 heteroatoms. The predicted octanol–water partition coefficient (Wildman–Crippen LogP) is 2.15. The van der Waals surface area contributed by atoms with E-state index >= 15 is 0 Å². The second-order valence-corrected chi connectivity index (χ2v) is 5.74. The molecule has 1 heterocycles. The smallest absolute Gasteiger partial charge is 0.148 e. The number of aliphatic hydroxyl groups excluding tert-OH is 1. The molecule has 0 spiro atoms. The molecule has 0 radical (unpaired) electrons. The third kappa shape index (κ3) is 2.86. The lowest BCUT2D eigenvalue weighted by Gasteiger charge is -2.36. The Labute approximate surface area is 115 Å². The van der Waals surface area contributed by atoms with Gasteiger partial charge in [0.1, 0.15) is 5.82 Å². The third-order valence-corrected chi connectivity index (χ3v) is 4.35. The minimum Gasteiger partial charge on any atom is -0.396 e. The van der Waals surface area contributed by atoms with Gasteiger partial charge in [0.25, 0.3) is 0 Å². The number of nitrogens with two attached hydrogens (primary N) is 1. The van der Waals surface area contributed by atoms with E-state index in [4.69, 9.17) is 5.73 Å². The van der Waals surface area contributed by atoms with Gasteiger partial charge >= 0.3 is 0 Å². The van der Waals surface area contributed by atoms with E-state index in [2.05, 4.69) is 17.3 Å². The Balaban J connectivity index is 2.08. The maximum atomic E-state index is 9.73. The first-order valence-electron chi connectivity index (χ1n) is 7.29. The number of hydrogen-bond acceptors (Lipinski definition) is 4. The Morgan fingerprint density at radius 3 is 2.63 bits per heavy atom. The van der Waals surface area contributed by atoms with Crippen LogP contribution < -0.4 is 11.1 Å². The quantitative estimate of drug-likeness (QED) is 0.763. The van der Waals surface area contributed by atoms with Crippen LogP contribution >= 0.6 is 0 Å². The van der Waals surface area contributed by atoms with Gasteiger partial charge in [-0.2, -0.15) is 5.10 Å². The van der Waals surface area contributed by atoms with Gasteiger partial charge in [-0.1, -0.05) is 19.3 Å². The van der Waals surface area contributed by atoms with E-state index in [-0.39, 0.29) is 12.0 Å². The summed E-state index contributed by atoms with van der Waals surface area (Å²) in [6, 6.07) is 0. The maximum Gasteiger partial charge on any atom is 0.148 e. The monoisotopic (exact) mass is 266 g/mol. The van der Waals surface area contributed by atoms with Crippen molar-refractivity contribution >= 4 is 11.5 Å². The Bertz CT molecular complexity index is 421. The SMILES string of the molecule is CCn1nc(C)c(N)c1NCC1(CO)CCCCC1. The highest BCUT2D eigenvalue weighted by molar-refractivity contribution is 5.64. The average Bonchev–Trinajstić information content (AvgIpc) is 2.73. The number of anilines is 2. The molecule has 1 aromatic heterocycles. The summed E-state index contributed by atoms with van der Waals surface area (Å²) >= 11 is 0. The number of rotatable bonds is 5. The second-order valence-electron chi connectivity index (χ2n) is 5.74. The highest BCUT2D eigenvalue weighted by atomic mass is 16.3. The summed E-state index contributed by atoms with van der Waals surface area (Å²) in [5.41, 5.74) is 7.68. The molecule has 0 saturated heterocycles. The topological polar surface area (TPSA) is 76.1 Å². The van der Waals surface area contributed by atoms with E-state index in [1.165, 1.54) is 19.3 Å². The number of aromatic nitrogens is 2. The average molecular weight is 266 g/mol. The number of aryl methyl sites for hydroxylation is 2. The van der Waals surface area contributed by atoms with Crippen LogP contribution in [-0.2, 0) is 6.54 Å². The van der Waals surface area contributed by atoms with Gasteiger partial charge in [0.05, 0.1) is 18.0 Å². The van der Waals surface area contributed by atoms with Crippen molar-refractivity contribution in [2.75, 3.05) is 24.2 Å². The Kier molecular flexibility index (Phi) is 4.34. The summed E-state index contributed by atoms with van der Waals surface area (Å²) in [5.74, 6) is 0.901. The zero-order chi connectivity index (χ0) is 13.9. The summed E-state index contributed by atoms with van der Waals surface area (Å²) in [6.07, 6.45) is 5.90. The van der Waals surface area contributed by atoms with Crippen LogP contribution in [0.4, 0.5) is 11.5 Å². The Morgan fingerprint density at radius 2 is 2.05 bits per heavy atom. The van der Waals surface area contributed by atoms with Gasteiger partial charge in [-0.05, 0) is 26.7 Å². The molecule has 1 fully saturated rings. The fourth-order valence-electron chi connectivity index (χ4n) is 2.97. The van der Waals surface area contributed by atoms with Crippen LogP contribution in [0.25, 0.3) is 0 Å². The number of nitrogens with one attached hydrogen (secondary N) is 1. The molecule has 0 amide bonds. The van der Waals surface area contributed by atoms with Crippen LogP contribution in [0.2, 0.25) is 0 Å². The number of aliphatic hydroxyl groups is 1. The van der Waals surface area contributed by atoms with Gasteiger partial charge in [-0.3, -0.25) is 0 Å². The van der Waals surface area contributed by atoms with Crippen molar-refractivity contribution in [3.63, 3.8) is 0 Å². The lowest BCUT2D eigenvalue weighted by atomic mass is 9.74. The van der Waals surface area contributed by atoms with Gasteiger partial charge in [0.2, 0.25) is 0 Å². The molecule has 0 aliphatic heterocycles. The molecule has 0 aromatic carbocycles.